The Morgan fingerprint density at radius 1 is 1.30 bits per heavy atom. The maximum Gasteiger partial charge on any atom is 0.142 e. The molecule has 6 heteroatoms. The first kappa shape index (κ1) is 14.1. The van der Waals surface area contributed by atoms with Crippen molar-refractivity contribution >= 4 is 16.9 Å². The molecule has 2 aromatic heterocycles. The van der Waals surface area contributed by atoms with Crippen LogP contribution in [0.4, 0.5) is 10.2 Å². The molecule has 3 heterocycles. The highest BCUT2D eigenvalue weighted by Gasteiger charge is 2.24. The van der Waals surface area contributed by atoms with Crippen molar-refractivity contribution in [3.05, 3.63) is 53.7 Å². The standard InChI is InChI=1S/C17H17FN4O/c1-11-8-12(2-3-14(11)18)15-9-22(6-7-23-15)17-13-4-5-19-16(13)20-10-21-17/h2-5,8,10,15H,6-7,9H2,1H3,(H,19,20,21). The monoisotopic (exact) mass is 312 g/mol. The Morgan fingerprint density at radius 3 is 3.09 bits per heavy atom. The molecule has 3 aromatic rings. The first-order valence-corrected chi connectivity index (χ1v) is 7.63. The molecule has 1 N–H and O–H groups in total. The molecule has 23 heavy (non-hydrogen) atoms. The van der Waals surface area contributed by atoms with Gasteiger partial charge in [0.25, 0.3) is 0 Å². The van der Waals surface area contributed by atoms with Gasteiger partial charge in [-0.25, -0.2) is 14.4 Å². The Kier molecular flexibility index (Phi) is 3.46. The van der Waals surface area contributed by atoms with Crippen LogP contribution in [-0.4, -0.2) is 34.6 Å². The molecule has 1 fully saturated rings. The van der Waals surface area contributed by atoms with E-state index in [0.717, 1.165) is 29.0 Å². The Bertz CT molecular complexity index is 847. The minimum absolute atomic E-state index is 0.0907. The lowest BCUT2D eigenvalue weighted by Gasteiger charge is -2.34. The molecule has 0 aliphatic carbocycles. The zero-order valence-corrected chi connectivity index (χ0v) is 12.8. The second kappa shape index (κ2) is 5.62. The van der Waals surface area contributed by atoms with Gasteiger partial charge in [-0.15, -0.1) is 0 Å². The molecule has 0 spiro atoms. The average molecular weight is 312 g/mol. The van der Waals surface area contributed by atoms with Gasteiger partial charge in [-0.1, -0.05) is 12.1 Å². The fourth-order valence-electron chi connectivity index (χ4n) is 3.02. The summed E-state index contributed by atoms with van der Waals surface area (Å²) in [5.41, 5.74) is 2.46. The number of nitrogens with one attached hydrogen (secondary N) is 1. The summed E-state index contributed by atoms with van der Waals surface area (Å²) in [6, 6.07) is 7.14. The van der Waals surface area contributed by atoms with E-state index < -0.39 is 0 Å². The molecule has 0 radical (unpaired) electrons. The Labute approximate surface area is 133 Å². The molecule has 0 bridgehead atoms. The van der Waals surface area contributed by atoms with Crippen molar-refractivity contribution in [1.29, 1.82) is 0 Å². The van der Waals surface area contributed by atoms with Crippen molar-refractivity contribution in [2.24, 2.45) is 0 Å². The number of fused-ring (bicyclic) bond motifs is 1. The number of ether oxygens (including phenoxy) is 1. The van der Waals surface area contributed by atoms with Crippen LogP contribution in [0, 0.1) is 12.7 Å². The topological polar surface area (TPSA) is 54.0 Å². The van der Waals surface area contributed by atoms with Crippen LogP contribution in [0.3, 0.4) is 0 Å². The van der Waals surface area contributed by atoms with Crippen molar-refractivity contribution in [2.45, 2.75) is 13.0 Å². The minimum Gasteiger partial charge on any atom is -0.370 e. The van der Waals surface area contributed by atoms with Gasteiger partial charge in [0, 0.05) is 19.3 Å². The van der Waals surface area contributed by atoms with Crippen molar-refractivity contribution in [1.82, 2.24) is 15.0 Å². The third kappa shape index (κ3) is 2.55. The summed E-state index contributed by atoms with van der Waals surface area (Å²) in [6.07, 6.45) is 3.34. The second-order valence-electron chi connectivity index (χ2n) is 5.75. The van der Waals surface area contributed by atoms with Crippen molar-refractivity contribution in [3.8, 4) is 0 Å². The number of aromatic amines is 1. The predicted molar refractivity (Wildman–Crippen MR) is 85.9 cm³/mol. The number of morpholine rings is 1. The number of halogens is 1. The van der Waals surface area contributed by atoms with Crippen LogP contribution in [0.25, 0.3) is 11.0 Å². The zero-order chi connectivity index (χ0) is 15.8. The molecule has 4 rings (SSSR count). The lowest BCUT2D eigenvalue weighted by molar-refractivity contribution is 0.0395. The summed E-state index contributed by atoms with van der Waals surface area (Å²) in [5.74, 6) is 0.717. The van der Waals surface area contributed by atoms with E-state index in [2.05, 4.69) is 19.9 Å². The van der Waals surface area contributed by atoms with Gasteiger partial charge in [-0.3, -0.25) is 0 Å². The van der Waals surface area contributed by atoms with E-state index in [0.29, 0.717) is 18.7 Å². The van der Waals surface area contributed by atoms with Crippen LogP contribution < -0.4 is 4.90 Å². The van der Waals surface area contributed by atoms with Crippen LogP contribution in [-0.2, 0) is 4.74 Å². The second-order valence-corrected chi connectivity index (χ2v) is 5.75. The highest BCUT2D eigenvalue weighted by atomic mass is 19.1. The van der Waals surface area contributed by atoms with Crippen LogP contribution in [0.2, 0.25) is 0 Å². The summed E-state index contributed by atoms with van der Waals surface area (Å²) in [5, 5.41) is 1.00. The van der Waals surface area contributed by atoms with Gasteiger partial charge in [0.15, 0.2) is 0 Å². The molecular formula is C17H17FN4O. The Morgan fingerprint density at radius 2 is 2.22 bits per heavy atom. The van der Waals surface area contributed by atoms with Gasteiger partial charge >= 0.3 is 0 Å². The number of hydrogen-bond donors (Lipinski definition) is 1. The molecule has 0 amide bonds. The zero-order valence-electron chi connectivity index (χ0n) is 12.8. The first-order chi connectivity index (χ1) is 11.2. The fourth-order valence-corrected chi connectivity index (χ4v) is 3.02. The largest absolute Gasteiger partial charge is 0.370 e. The van der Waals surface area contributed by atoms with Gasteiger partial charge in [-0.05, 0) is 30.2 Å². The Balaban J connectivity index is 1.64. The van der Waals surface area contributed by atoms with E-state index in [1.807, 2.05) is 18.3 Å². The molecule has 1 atom stereocenters. The summed E-state index contributed by atoms with van der Waals surface area (Å²) in [6.45, 7) is 3.83. The van der Waals surface area contributed by atoms with Crippen molar-refractivity contribution in [2.75, 3.05) is 24.6 Å². The van der Waals surface area contributed by atoms with Crippen molar-refractivity contribution in [3.63, 3.8) is 0 Å². The van der Waals surface area contributed by atoms with Gasteiger partial charge in [-0.2, -0.15) is 0 Å². The molecule has 1 aliphatic heterocycles. The SMILES string of the molecule is Cc1cc(C2CN(c3ncnc4[nH]ccc34)CCO2)ccc1F. The summed E-state index contributed by atoms with van der Waals surface area (Å²) in [7, 11) is 0. The predicted octanol–water partition coefficient (Wildman–Crippen LogP) is 2.98. The number of H-pyrrole nitrogens is 1. The number of benzene rings is 1. The summed E-state index contributed by atoms with van der Waals surface area (Å²) >= 11 is 0. The van der Waals surface area contributed by atoms with Gasteiger partial charge < -0.3 is 14.6 Å². The smallest absolute Gasteiger partial charge is 0.142 e. The number of aromatic nitrogens is 3. The van der Waals surface area contributed by atoms with Gasteiger partial charge in [0.05, 0.1) is 12.0 Å². The minimum atomic E-state index is -0.189. The molecule has 118 valence electrons. The van der Waals surface area contributed by atoms with E-state index >= 15 is 0 Å². The molecule has 0 saturated carbocycles. The molecule has 1 unspecified atom stereocenters. The maximum atomic E-state index is 13.5. The lowest BCUT2D eigenvalue weighted by Crippen LogP contribution is -2.39. The fraction of sp³-hybridized carbons (Fsp3) is 0.294. The van der Waals surface area contributed by atoms with Crippen LogP contribution >= 0.6 is 0 Å². The molecule has 1 saturated heterocycles. The third-order valence-corrected chi connectivity index (χ3v) is 4.25. The van der Waals surface area contributed by atoms with E-state index in [1.165, 1.54) is 6.07 Å². The van der Waals surface area contributed by atoms with Gasteiger partial charge in [0.2, 0.25) is 0 Å². The number of anilines is 1. The van der Waals surface area contributed by atoms with E-state index in [4.69, 9.17) is 4.74 Å². The number of hydrogen-bond acceptors (Lipinski definition) is 4. The first-order valence-electron chi connectivity index (χ1n) is 7.63. The number of nitrogens with zero attached hydrogens (tertiary/aromatic N) is 3. The Hall–Kier alpha value is -2.47. The quantitative estimate of drug-likeness (QED) is 0.790. The van der Waals surface area contributed by atoms with Crippen LogP contribution in [0.1, 0.15) is 17.2 Å². The maximum absolute atomic E-state index is 13.5. The van der Waals surface area contributed by atoms with E-state index in [9.17, 15) is 4.39 Å². The summed E-state index contributed by atoms with van der Waals surface area (Å²) < 4.78 is 19.4. The molecule has 1 aliphatic rings. The highest BCUT2D eigenvalue weighted by Crippen LogP contribution is 2.29. The third-order valence-electron chi connectivity index (χ3n) is 4.25. The average Bonchev–Trinajstić information content (AvgIpc) is 3.06. The van der Waals surface area contributed by atoms with Crippen LogP contribution in [0.5, 0.6) is 0 Å². The molecule has 1 aromatic carbocycles. The normalized spacial score (nSPS) is 18.5. The van der Waals surface area contributed by atoms with E-state index in [1.54, 1.807) is 19.3 Å². The number of rotatable bonds is 2. The molecular weight excluding hydrogens is 295 g/mol. The lowest BCUT2D eigenvalue weighted by atomic mass is 10.0. The summed E-state index contributed by atoms with van der Waals surface area (Å²) in [4.78, 5) is 14.0. The highest BCUT2D eigenvalue weighted by molar-refractivity contribution is 5.87. The van der Waals surface area contributed by atoms with Crippen molar-refractivity contribution < 1.29 is 9.13 Å². The molecule has 5 nitrogen and oxygen atoms in total. The van der Waals surface area contributed by atoms with Gasteiger partial charge in [0.1, 0.15) is 29.7 Å². The van der Waals surface area contributed by atoms with E-state index in [-0.39, 0.29) is 11.9 Å². The van der Waals surface area contributed by atoms with Crippen LogP contribution in [0.15, 0.2) is 36.8 Å². The number of aryl methyl sites for hydroxylation is 1.